The summed E-state index contributed by atoms with van der Waals surface area (Å²) in [7, 11) is 0. The molecule has 0 bridgehead atoms. The lowest BCUT2D eigenvalue weighted by molar-refractivity contribution is 1.03. The number of para-hydroxylation sites is 1. The van der Waals surface area contributed by atoms with Crippen LogP contribution in [0.3, 0.4) is 0 Å². The molecule has 0 atom stereocenters. The Balaban J connectivity index is 2.24. The second-order valence-electron chi connectivity index (χ2n) is 4.48. The van der Waals surface area contributed by atoms with Gasteiger partial charge in [0, 0.05) is 15.7 Å². The maximum Gasteiger partial charge on any atom is 0.200 e. The Bertz CT molecular complexity index is 805. The molecule has 100 valence electrons. The van der Waals surface area contributed by atoms with E-state index in [4.69, 9.17) is 12.2 Å². The second-order valence-corrected chi connectivity index (χ2v) is 5.78. The Morgan fingerprint density at radius 1 is 1.15 bits per heavy atom. The lowest BCUT2D eigenvalue weighted by Gasteiger charge is -2.09. The van der Waals surface area contributed by atoms with Crippen molar-refractivity contribution in [3.8, 4) is 17.1 Å². The van der Waals surface area contributed by atoms with Crippen molar-refractivity contribution in [2.45, 2.75) is 6.92 Å². The van der Waals surface area contributed by atoms with Crippen LogP contribution in [0.15, 0.2) is 53.0 Å². The van der Waals surface area contributed by atoms with Crippen LogP contribution in [0.2, 0.25) is 0 Å². The molecular formula is C15H12BrN3S. The quantitative estimate of drug-likeness (QED) is 0.684. The zero-order chi connectivity index (χ0) is 14.1. The van der Waals surface area contributed by atoms with Crippen LogP contribution in [0.1, 0.15) is 5.56 Å². The molecule has 0 aliphatic carbocycles. The molecule has 3 aromatic rings. The monoisotopic (exact) mass is 345 g/mol. The van der Waals surface area contributed by atoms with Gasteiger partial charge in [-0.15, -0.1) is 0 Å². The summed E-state index contributed by atoms with van der Waals surface area (Å²) in [6.07, 6.45) is 0. The fraction of sp³-hybridized carbons (Fsp3) is 0.0667. The Morgan fingerprint density at radius 3 is 2.60 bits per heavy atom. The van der Waals surface area contributed by atoms with Crippen molar-refractivity contribution < 1.29 is 0 Å². The minimum Gasteiger partial charge on any atom is -0.268 e. The van der Waals surface area contributed by atoms with Gasteiger partial charge >= 0.3 is 0 Å². The molecule has 0 amide bonds. The predicted octanol–water partition coefficient (Wildman–Crippen LogP) is 4.67. The lowest BCUT2D eigenvalue weighted by atomic mass is 10.1. The molecule has 0 spiro atoms. The first-order chi connectivity index (χ1) is 9.66. The van der Waals surface area contributed by atoms with Gasteiger partial charge in [-0.1, -0.05) is 34.1 Å². The molecule has 0 radical (unpaired) electrons. The van der Waals surface area contributed by atoms with Crippen LogP contribution >= 0.6 is 28.1 Å². The van der Waals surface area contributed by atoms with Crippen LogP contribution in [0.5, 0.6) is 0 Å². The van der Waals surface area contributed by atoms with Gasteiger partial charge in [0.2, 0.25) is 0 Å². The molecule has 20 heavy (non-hydrogen) atoms. The third-order valence-electron chi connectivity index (χ3n) is 3.12. The maximum absolute atomic E-state index is 5.36. The number of halogens is 1. The van der Waals surface area contributed by atoms with Gasteiger partial charge < -0.3 is 0 Å². The van der Waals surface area contributed by atoms with Crippen LogP contribution in [0, 0.1) is 11.7 Å². The fourth-order valence-electron chi connectivity index (χ4n) is 2.17. The SMILES string of the molecule is Cc1cc(Br)ccc1-c1n[nH]c(=S)n1-c1ccccc1. The normalized spacial score (nSPS) is 10.7. The van der Waals surface area contributed by atoms with Crippen molar-refractivity contribution in [2.75, 3.05) is 0 Å². The summed E-state index contributed by atoms with van der Waals surface area (Å²) in [5.41, 5.74) is 3.21. The second kappa shape index (κ2) is 5.34. The minimum atomic E-state index is 0.591. The van der Waals surface area contributed by atoms with Crippen molar-refractivity contribution >= 4 is 28.1 Å². The van der Waals surface area contributed by atoms with Gasteiger partial charge in [-0.2, -0.15) is 5.10 Å². The van der Waals surface area contributed by atoms with E-state index in [1.807, 2.05) is 47.0 Å². The first kappa shape index (κ1) is 13.3. The number of benzene rings is 2. The molecule has 0 aliphatic rings. The van der Waals surface area contributed by atoms with Crippen LogP contribution in [0.4, 0.5) is 0 Å². The first-order valence-electron chi connectivity index (χ1n) is 6.16. The van der Waals surface area contributed by atoms with E-state index < -0.39 is 0 Å². The highest BCUT2D eigenvalue weighted by molar-refractivity contribution is 9.10. The smallest absolute Gasteiger partial charge is 0.200 e. The average molecular weight is 346 g/mol. The van der Waals surface area contributed by atoms with Crippen molar-refractivity contribution in [2.24, 2.45) is 0 Å². The van der Waals surface area contributed by atoms with E-state index in [9.17, 15) is 0 Å². The number of hydrogen-bond donors (Lipinski definition) is 1. The zero-order valence-corrected chi connectivity index (χ0v) is 13.2. The van der Waals surface area contributed by atoms with Gasteiger partial charge in [-0.25, -0.2) is 0 Å². The van der Waals surface area contributed by atoms with Crippen molar-refractivity contribution in [3.63, 3.8) is 0 Å². The molecular weight excluding hydrogens is 334 g/mol. The summed E-state index contributed by atoms with van der Waals surface area (Å²) >= 11 is 8.84. The molecule has 1 aromatic heterocycles. The molecule has 0 aliphatic heterocycles. The third kappa shape index (κ3) is 2.34. The van der Waals surface area contributed by atoms with E-state index in [1.165, 1.54) is 0 Å². The van der Waals surface area contributed by atoms with Gasteiger partial charge in [-0.05, 0) is 55.0 Å². The molecule has 0 saturated carbocycles. The highest BCUT2D eigenvalue weighted by Gasteiger charge is 2.12. The number of aromatic nitrogens is 3. The van der Waals surface area contributed by atoms with Crippen molar-refractivity contribution in [1.29, 1.82) is 0 Å². The Kier molecular flexibility index (Phi) is 3.54. The molecule has 1 heterocycles. The number of aromatic amines is 1. The number of aryl methyl sites for hydroxylation is 1. The number of nitrogens with zero attached hydrogens (tertiary/aromatic N) is 2. The fourth-order valence-corrected chi connectivity index (χ4v) is 2.89. The molecule has 5 heteroatoms. The molecule has 0 saturated heterocycles. The van der Waals surface area contributed by atoms with E-state index in [0.717, 1.165) is 27.1 Å². The zero-order valence-electron chi connectivity index (χ0n) is 10.8. The third-order valence-corrected chi connectivity index (χ3v) is 3.88. The number of nitrogens with one attached hydrogen (secondary N) is 1. The number of rotatable bonds is 2. The van der Waals surface area contributed by atoms with Gasteiger partial charge in [0.25, 0.3) is 0 Å². The highest BCUT2D eigenvalue weighted by Crippen LogP contribution is 2.26. The molecule has 1 N–H and O–H groups in total. The Hall–Kier alpha value is -1.72. The van der Waals surface area contributed by atoms with Gasteiger partial charge in [0.05, 0.1) is 0 Å². The van der Waals surface area contributed by atoms with Gasteiger partial charge in [-0.3, -0.25) is 9.67 Å². The summed E-state index contributed by atoms with van der Waals surface area (Å²) in [4.78, 5) is 0. The average Bonchev–Trinajstić information content (AvgIpc) is 2.81. The predicted molar refractivity (Wildman–Crippen MR) is 86.6 cm³/mol. The van der Waals surface area contributed by atoms with Crippen LogP contribution < -0.4 is 0 Å². The summed E-state index contributed by atoms with van der Waals surface area (Å²) in [5, 5.41) is 7.26. The topological polar surface area (TPSA) is 33.6 Å². The molecule has 0 fully saturated rings. The van der Waals surface area contributed by atoms with E-state index in [2.05, 4.69) is 39.1 Å². The molecule has 0 unspecified atom stereocenters. The first-order valence-corrected chi connectivity index (χ1v) is 7.36. The molecule has 2 aromatic carbocycles. The maximum atomic E-state index is 5.36. The summed E-state index contributed by atoms with van der Waals surface area (Å²) in [5.74, 6) is 0.825. The largest absolute Gasteiger partial charge is 0.268 e. The Labute approximate surface area is 130 Å². The van der Waals surface area contributed by atoms with Crippen LogP contribution in [-0.4, -0.2) is 14.8 Å². The summed E-state index contributed by atoms with van der Waals surface area (Å²) in [6.45, 7) is 2.06. The van der Waals surface area contributed by atoms with E-state index >= 15 is 0 Å². The lowest BCUT2D eigenvalue weighted by Crippen LogP contribution is -1.98. The molecule has 3 nitrogen and oxygen atoms in total. The highest BCUT2D eigenvalue weighted by atomic mass is 79.9. The summed E-state index contributed by atoms with van der Waals surface area (Å²) < 4.78 is 3.60. The van der Waals surface area contributed by atoms with E-state index in [1.54, 1.807) is 0 Å². The van der Waals surface area contributed by atoms with Gasteiger partial charge in [0.15, 0.2) is 10.6 Å². The van der Waals surface area contributed by atoms with Gasteiger partial charge in [0.1, 0.15) is 0 Å². The van der Waals surface area contributed by atoms with Crippen LogP contribution in [-0.2, 0) is 0 Å². The minimum absolute atomic E-state index is 0.591. The number of H-pyrrole nitrogens is 1. The number of hydrogen-bond acceptors (Lipinski definition) is 2. The van der Waals surface area contributed by atoms with E-state index in [-0.39, 0.29) is 0 Å². The Morgan fingerprint density at radius 2 is 1.90 bits per heavy atom. The van der Waals surface area contributed by atoms with E-state index in [0.29, 0.717) is 4.77 Å². The van der Waals surface area contributed by atoms with Crippen LogP contribution in [0.25, 0.3) is 17.1 Å². The molecule has 3 rings (SSSR count). The standard InChI is InChI=1S/C15H12BrN3S/c1-10-9-11(16)7-8-13(10)14-17-18-15(20)19(14)12-5-3-2-4-6-12/h2-9H,1H3,(H,18,20). The van der Waals surface area contributed by atoms with Crippen molar-refractivity contribution in [1.82, 2.24) is 14.8 Å². The summed E-state index contributed by atoms with van der Waals surface area (Å²) in [6, 6.07) is 16.1. The van der Waals surface area contributed by atoms with Crippen molar-refractivity contribution in [3.05, 3.63) is 63.3 Å².